The van der Waals surface area contributed by atoms with Crippen LogP contribution in [0.2, 0.25) is 0 Å². The van der Waals surface area contributed by atoms with E-state index in [-0.39, 0.29) is 42.7 Å². The van der Waals surface area contributed by atoms with Gasteiger partial charge < -0.3 is 23.8 Å². The molecule has 0 heterocycles. The highest BCUT2D eigenvalue weighted by atomic mass is 16.6. The number of unbranched alkanes of at least 4 members (excludes halogenated alkanes) is 11. The summed E-state index contributed by atoms with van der Waals surface area (Å²) in [6.07, 6.45) is 58.4. The van der Waals surface area contributed by atoms with E-state index in [9.17, 15) is 19.5 Å². The Balaban J connectivity index is 4.46. The minimum absolute atomic E-state index is 0.0318. The van der Waals surface area contributed by atoms with Gasteiger partial charge in [-0.05, 0) is 83.5 Å². The highest BCUT2D eigenvalue weighted by Crippen LogP contribution is 2.12. The molecule has 0 bridgehead atoms. The maximum atomic E-state index is 12.8. The number of hydrogen-bond acceptors (Lipinski definition) is 6. The van der Waals surface area contributed by atoms with Crippen molar-refractivity contribution in [2.75, 3.05) is 41.0 Å². The monoisotopic (exact) mass is 849 g/mol. The van der Waals surface area contributed by atoms with Crippen LogP contribution in [0.15, 0.2) is 109 Å². The summed E-state index contributed by atoms with van der Waals surface area (Å²) in [6, 6.07) is -0.632. The van der Waals surface area contributed by atoms with Crippen molar-refractivity contribution in [1.82, 2.24) is 0 Å². The molecule has 0 aliphatic carbocycles. The molecule has 0 rings (SSSR count). The van der Waals surface area contributed by atoms with Gasteiger partial charge in [0.1, 0.15) is 6.61 Å². The molecule has 0 fully saturated rings. The number of quaternary nitrogens is 1. The molecule has 0 saturated heterocycles. The lowest BCUT2D eigenvalue weighted by Crippen LogP contribution is -2.50. The van der Waals surface area contributed by atoms with Crippen LogP contribution < -0.4 is 0 Å². The second-order valence-electron chi connectivity index (χ2n) is 16.4. The number of esters is 2. The summed E-state index contributed by atoms with van der Waals surface area (Å²) >= 11 is 0. The molecule has 0 spiro atoms. The highest BCUT2D eigenvalue weighted by molar-refractivity contribution is 5.72. The number of likely N-dealkylation sites (N-methyl/N-ethyl adjacent to an activating group) is 1. The van der Waals surface area contributed by atoms with Gasteiger partial charge in [-0.1, -0.05) is 162 Å². The molecular formula is C53H86NO7+. The smallest absolute Gasteiger partial charge is 0.362 e. The van der Waals surface area contributed by atoms with Gasteiger partial charge in [0, 0.05) is 19.3 Å². The first-order valence-electron chi connectivity index (χ1n) is 23.5. The Labute approximate surface area is 372 Å². The third-order valence-corrected chi connectivity index (χ3v) is 9.75. The zero-order valence-electron chi connectivity index (χ0n) is 39.1. The van der Waals surface area contributed by atoms with E-state index in [0.29, 0.717) is 19.3 Å². The van der Waals surface area contributed by atoms with Gasteiger partial charge in [-0.3, -0.25) is 9.59 Å². The van der Waals surface area contributed by atoms with Crippen LogP contribution in [0.4, 0.5) is 0 Å². The first-order chi connectivity index (χ1) is 29.6. The van der Waals surface area contributed by atoms with E-state index in [4.69, 9.17) is 14.2 Å². The van der Waals surface area contributed by atoms with Gasteiger partial charge in [-0.15, -0.1) is 0 Å². The lowest BCUT2D eigenvalue weighted by Gasteiger charge is -2.31. The Kier molecular flexibility index (Phi) is 39.9. The summed E-state index contributed by atoms with van der Waals surface area (Å²) in [5.74, 6) is -1.56. The average Bonchev–Trinajstić information content (AvgIpc) is 3.22. The molecule has 61 heavy (non-hydrogen) atoms. The molecule has 1 N–H and O–H groups in total. The molecule has 344 valence electrons. The predicted molar refractivity (Wildman–Crippen MR) is 256 cm³/mol. The summed E-state index contributed by atoms with van der Waals surface area (Å²) in [7, 11) is 5.50. The molecule has 0 aromatic heterocycles. The molecule has 0 aliphatic heterocycles. The van der Waals surface area contributed by atoms with Gasteiger partial charge in [-0.25, -0.2) is 4.79 Å². The van der Waals surface area contributed by atoms with Crippen molar-refractivity contribution in [2.24, 2.45) is 0 Å². The van der Waals surface area contributed by atoms with Crippen LogP contribution in [-0.2, 0) is 28.6 Å². The molecular weight excluding hydrogens is 763 g/mol. The average molecular weight is 849 g/mol. The number of carboxylic acids is 1. The number of ether oxygens (including phenoxy) is 3. The minimum Gasteiger partial charge on any atom is -0.477 e. The lowest BCUT2D eigenvalue weighted by atomic mass is 10.1. The summed E-state index contributed by atoms with van der Waals surface area (Å²) in [5.41, 5.74) is 0. The number of aliphatic carboxylic acids is 1. The van der Waals surface area contributed by atoms with E-state index in [0.717, 1.165) is 96.3 Å². The molecule has 0 aliphatic rings. The van der Waals surface area contributed by atoms with E-state index in [2.05, 4.69) is 117 Å². The summed E-state index contributed by atoms with van der Waals surface area (Å²) in [4.78, 5) is 37.1. The van der Waals surface area contributed by atoms with E-state index >= 15 is 0 Å². The van der Waals surface area contributed by atoms with Crippen LogP contribution in [0.5, 0.6) is 0 Å². The summed E-state index contributed by atoms with van der Waals surface area (Å²) in [5, 5.41) is 9.64. The Morgan fingerprint density at radius 2 is 0.984 bits per heavy atom. The van der Waals surface area contributed by atoms with Gasteiger partial charge in [0.2, 0.25) is 0 Å². The van der Waals surface area contributed by atoms with Gasteiger partial charge in [-0.2, -0.15) is 0 Å². The quantitative estimate of drug-likeness (QED) is 0.0215. The largest absolute Gasteiger partial charge is 0.477 e. The first kappa shape index (κ1) is 57.0. The standard InChI is InChI=1S/C53H85NO7/c1-6-8-10-12-14-16-18-20-22-24-26-28-30-32-34-36-38-40-42-44-52(56)61-49(47-59-46-45-50(53(57)58)54(3,4)5)48-60-51(55)43-41-39-37-35-33-31-29-27-25-23-21-19-17-15-13-11-9-7-2/h8,10,14-17,19-23,25-29,32,34,49-50H,6-7,9,11-13,18,24,30-31,33,35-48H2,1-5H3/p+1/b10-8+,16-14+,17-15+,21-19+,22-20+,25-23+,28-26+,29-27+,34-32+. The third-order valence-electron chi connectivity index (χ3n) is 9.75. The SMILES string of the molecule is CC/C=C/C/C=C/C/C=C/C/C=C/C/C=C/CCCCCC(=O)OC(COCCC(C(=O)O)[N+](C)(C)C)COC(=O)CCCCCCC/C=C/C=C/C=C/C=C/CCCCC. The van der Waals surface area contributed by atoms with Crippen molar-refractivity contribution in [3.05, 3.63) is 109 Å². The number of carbonyl (C=O) groups excluding carboxylic acids is 2. The fourth-order valence-corrected chi connectivity index (χ4v) is 6.13. The fraction of sp³-hybridized carbons (Fsp3) is 0.604. The molecule has 0 saturated carbocycles. The van der Waals surface area contributed by atoms with Crippen molar-refractivity contribution in [3.63, 3.8) is 0 Å². The van der Waals surface area contributed by atoms with E-state index < -0.39 is 18.1 Å². The minimum atomic E-state index is -0.890. The molecule has 0 aromatic rings. The fourth-order valence-electron chi connectivity index (χ4n) is 6.13. The Hall–Kier alpha value is -4.01. The zero-order chi connectivity index (χ0) is 44.9. The second-order valence-corrected chi connectivity index (χ2v) is 16.4. The number of carboxylic acid groups (broad SMARTS) is 1. The predicted octanol–water partition coefficient (Wildman–Crippen LogP) is 13.2. The topological polar surface area (TPSA) is 99.1 Å². The normalized spacial score (nSPS) is 13.9. The number of nitrogens with zero attached hydrogens (tertiary/aromatic N) is 1. The first-order valence-corrected chi connectivity index (χ1v) is 23.5. The second kappa shape index (κ2) is 42.7. The Morgan fingerprint density at radius 3 is 1.52 bits per heavy atom. The van der Waals surface area contributed by atoms with Crippen LogP contribution in [0.3, 0.4) is 0 Å². The number of allylic oxidation sites excluding steroid dienone is 18. The Morgan fingerprint density at radius 1 is 0.525 bits per heavy atom. The van der Waals surface area contributed by atoms with Crippen LogP contribution in [0.1, 0.15) is 155 Å². The van der Waals surface area contributed by atoms with E-state index in [1.165, 1.54) is 19.3 Å². The van der Waals surface area contributed by atoms with Crippen molar-refractivity contribution in [1.29, 1.82) is 0 Å². The summed E-state index contributed by atoms with van der Waals surface area (Å²) in [6.45, 7) is 4.50. The molecule has 0 aromatic carbocycles. The number of hydrogen-bond donors (Lipinski definition) is 1. The van der Waals surface area contributed by atoms with Gasteiger partial charge in [0.25, 0.3) is 0 Å². The number of carbonyl (C=O) groups is 3. The molecule has 0 radical (unpaired) electrons. The van der Waals surface area contributed by atoms with Crippen molar-refractivity contribution < 1.29 is 38.2 Å². The lowest BCUT2D eigenvalue weighted by molar-refractivity contribution is -0.887. The molecule has 0 amide bonds. The van der Waals surface area contributed by atoms with Crippen molar-refractivity contribution in [2.45, 2.75) is 167 Å². The summed E-state index contributed by atoms with van der Waals surface area (Å²) < 4.78 is 17.2. The van der Waals surface area contributed by atoms with Crippen molar-refractivity contribution >= 4 is 17.9 Å². The molecule has 8 nitrogen and oxygen atoms in total. The molecule has 8 heteroatoms. The molecule has 2 unspecified atom stereocenters. The van der Waals surface area contributed by atoms with Crippen LogP contribution in [0, 0.1) is 0 Å². The van der Waals surface area contributed by atoms with Crippen molar-refractivity contribution in [3.8, 4) is 0 Å². The van der Waals surface area contributed by atoms with Gasteiger partial charge >= 0.3 is 17.9 Å². The van der Waals surface area contributed by atoms with E-state index in [1.807, 2.05) is 27.2 Å². The van der Waals surface area contributed by atoms with E-state index in [1.54, 1.807) is 0 Å². The highest BCUT2D eigenvalue weighted by Gasteiger charge is 2.31. The Bertz CT molecular complexity index is 1360. The van der Waals surface area contributed by atoms with Crippen LogP contribution in [0.25, 0.3) is 0 Å². The maximum absolute atomic E-state index is 12.8. The molecule has 2 atom stereocenters. The number of rotatable bonds is 40. The van der Waals surface area contributed by atoms with Gasteiger partial charge in [0.15, 0.2) is 12.1 Å². The maximum Gasteiger partial charge on any atom is 0.362 e. The van der Waals surface area contributed by atoms with Crippen LogP contribution in [-0.4, -0.2) is 80.6 Å². The third kappa shape index (κ3) is 41.1. The zero-order valence-corrected chi connectivity index (χ0v) is 39.1. The van der Waals surface area contributed by atoms with Gasteiger partial charge in [0.05, 0.1) is 34.4 Å². The van der Waals surface area contributed by atoms with Crippen LogP contribution >= 0.6 is 0 Å².